The van der Waals surface area contributed by atoms with Crippen LogP contribution in [0.2, 0.25) is 0 Å². The highest BCUT2D eigenvalue weighted by molar-refractivity contribution is 7.13. The number of hydrogen-bond acceptors (Lipinski definition) is 6. The summed E-state index contributed by atoms with van der Waals surface area (Å²) >= 11 is 1.33. The minimum absolute atomic E-state index is 0.113. The molecule has 3 aromatic rings. The van der Waals surface area contributed by atoms with E-state index in [1.807, 2.05) is 61.6 Å². The normalized spacial score (nSPS) is 12.1. The molecule has 6 nitrogen and oxygen atoms in total. The summed E-state index contributed by atoms with van der Waals surface area (Å²) in [5.41, 5.74) is 9.14. The fourth-order valence-corrected chi connectivity index (χ4v) is 3.58. The van der Waals surface area contributed by atoms with E-state index in [0.29, 0.717) is 17.4 Å². The number of aliphatic hydroxyl groups is 1. The number of amides is 1. The molecule has 1 amide bonds. The molecule has 1 unspecified atom stereocenters. The lowest BCUT2D eigenvalue weighted by atomic mass is 10.1. The number of anilines is 2. The minimum Gasteiger partial charge on any atom is -0.387 e. The molecule has 0 spiro atoms. The molecule has 7 heteroatoms. The van der Waals surface area contributed by atoms with E-state index in [1.54, 1.807) is 5.38 Å². The van der Waals surface area contributed by atoms with Gasteiger partial charge in [0.05, 0.1) is 18.2 Å². The van der Waals surface area contributed by atoms with Gasteiger partial charge in [0.2, 0.25) is 5.91 Å². The highest BCUT2D eigenvalue weighted by atomic mass is 32.1. The minimum atomic E-state index is -0.494. The largest absolute Gasteiger partial charge is 0.387 e. The summed E-state index contributed by atoms with van der Waals surface area (Å²) in [6.07, 6.45) is 0.584. The van der Waals surface area contributed by atoms with E-state index in [1.165, 1.54) is 16.9 Å². The average Bonchev–Trinajstić information content (AvgIpc) is 3.12. The Morgan fingerprint density at radius 2 is 1.93 bits per heavy atom. The van der Waals surface area contributed by atoms with Crippen LogP contribution in [0.5, 0.6) is 0 Å². The van der Waals surface area contributed by atoms with Crippen molar-refractivity contribution in [3.05, 3.63) is 76.8 Å². The highest BCUT2D eigenvalue weighted by Gasteiger charge is 2.11. The maximum atomic E-state index is 12.1. The maximum absolute atomic E-state index is 12.1. The quantitative estimate of drug-likeness (QED) is 0.504. The molecule has 3 rings (SSSR count). The van der Waals surface area contributed by atoms with Crippen LogP contribution in [0.15, 0.2) is 60.0 Å². The molecule has 152 valence electrons. The third-order valence-electron chi connectivity index (χ3n) is 4.60. The lowest BCUT2D eigenvalue weighted by molar-refractivity contribution is -0.115. The third-order valence-corrected chi connectivity index (χ3v) is 5.32. The molecule has 1 aromatic heterocycles. The van der Waals surface area contributed by atoms with Gasteiger partial charge in [-0.25, -0.2) is 4.98 Å². The van der Waals surface area contributed by atoms with E-state index in [4.69, 9.17) is 5.73 Å². The molecular weight excluding hydrogens is 384 g/mol. The smallest absolute Gasteiger partial charge is 0.230 e. The SMILES string of the molecule is CN(CCc1ccc(NC(=O)Cc2csc(N)n2)cc1)CC(O)c1ccccc1. The predicted octanol–water partition coefficient (Wildman–Crippen LogP) is 3.11. The van der Waals surface area contributed by atoms with Crippen LogP contribution in [0, 0.1) is 0 Å². The van der Waals surface area contributed by atoms with Crippen molar-refractivity contribution in [3.63, 3.8) is 0 Å². The molecule has 29 heavy (non-hydrogen) atoms. The van der Waals surface area contributed by atoms with E-state index < -0.39 is 6.10 Å². The fraction of sp³-hybridized carbons (Fsp3) is 0.273. The molecule has 0 aliphatic carbocycles. The molecule has 0 radical (unpaired) electrons. The van der Waals surface area contributed by atoms with Gasteiger partial charge in [0.25, 0.3) is 0 Å². The summed E-state index contributed by atoms with van der Waals surface area (Å²) < 4.78 is 0. The number of likely N-dealkylation sites (N-methyl/N-ethyl adjacent to an activating group) is 1. The van der Waals surface area contributed by atoms with Crippen LogP contribution in [0.1, 0.15) is 22.9 Å². The summed E-state index contributed by atoms with van der Waals surface area (Å²) in [4.78, 5) is 18.3. The Bertz CT molecular complexity index is 912. The first kappa shape index (κ1) is 21.0. The lowest BCUT2D eigenvalue weighted by Gasteiger charge is -2.20. The standard InChI is InChI=1S/C22H26N4O2S/c1-26(14-20(27)17-5-3-2-4-6-17)12-11-16-7-9-18(10-8-16)24-21(28)13-19-15-29-22(23)25-19/h2-10,15,20,27H,11-14H2,1H3,(H2,23,25)(H,24,28). The van der Waals surface area contributed by atoms with Crippen molar-refractivity contribution >= 4 is 28.1 Å². The van der Waals surface area contributed by atoms with Crippen LogP contribution in [0.4, 0.5) is 10.8 Å². The highest BCUT2D eigenvalue weighted by Crippen LogP contribution is 2.15. The van der Waals surface area contributed by atoms with E-state index in [2.05, 4.69) is 15.2 Å². The molecule has 0 aliphatic heterocycles. The molecule has 2 aromatic carbocycles. The second kappa shape index (κ2) is 10.2. The third kappa shape index (κ3) is 6.67. The fourth-order valence-electron chi connectivity index (χ4n) is 3.02. The number of benzene rings is 2. The number of nitrogens with one attached hydrogen (secondary N) is 1. The monoisotopic (exact) mass is 410 g/mol. The van der Waals surface area contributed by atoms with Crippen LogP contribution in [0.3, 0.4) is 0 Å². The zero-order valence-electron chi connectivity index (χ0n) is 16.4. The number of rotatable bonds is 9. The Balaban J connectivity index is 1.43. The van der Waals surface area contributed by atoms with Crippen LogP contribution in [0.25, 0.3) is 0 Å². The first-order valence-electron chi connectivity index (χ1n) is 9.50. The number of carbonyl (C=O) groups excluding carboxylic acids is 1. The summed E-state index contributed by atoms with van der Waals surface area (Å²) in [6.45, 7) is 1.42. The molecule has 0 fully saturated rings. The summed E-state index contributed by atoms with van der Waals surface area (Å²) in [7, 11) is 2.01. The Morgan fingerprint density at radius 1 is 1.21 bits per heavy atom. The van der Waals surface area contributed by atoms with Crippen LogP contribution in [-0.4, -0.2) is 41.0 Å². The van der Waals surface area contributed by atoms with Crippen molar-refractivity contribution in [1.29, 1.82) is 0 Å². The topological polar surface area (TPSA) is 91.5 Å². The van der Waals surface area contributed by atoms with Crippen molar-refractivity contribution in [1.82, 2.24) is 9.88 Å². The second-order valence-corrected chi connectivity index (χ2v) is 7.93. The van der Waals surface area contributed by atoms with Crippen LogP contribution in [-0.2, 0) is 17.6 Å². The van der Waals surface area contributed by atoms with Gasteiger partial charge in [-0.15, -0.1) is 11.3 Å². The molecule has 0 bridgehead atoms. The molecule has 0 saturated heterocycles. The Labute approximate surface area is 175 Å². The Kier molecular flexibility index (Phi) is 7.35. The lowest BCUT2D eigenvalue weighted by Crippen LogP contribution is -2.26. The summed E-state index contributed by atoms with van der Waals surface area (Å²) in [5.74, 6) is -0.113. The van der Waals surface area contributed by atoms with Gasteiger partial charge >= 0.3 is 0 Å². The van der Waals surface area contributed by atoms with Crippen molar-refractivity contribution in [2.45, 2.75) is 18.9 Å². The number of thiazole rings is 1. The zero-order valence-corrected chi connectivity index (χ0v) is 17.2. The van der Waals surface area contributed by atoms with E-state index >= 15 is 0 Å². The molecular formula is C22H26N4O2S. The first-order valence-corrected chi connectivity index (χ1v) is 10.4. The number of nitrogens with two attached hydrogens (primary N) is 1. The number of nitrogens with zero attached hydrogens (tertiary/aromatic N) is 2. The van der Waals surface area contributed by atoms with Crippen molar-refractivity contribution in [3.8, 4) is 0 Å². The zero-order chi connectivity index (χ0) is 20.6. The average molecular weight is 411 g/mol. The van der Waals surface area contributed by atoms with Gasteiger partial charge in [0.1, 0.15) is 0 Å². The predicted molar refractivity (Wildman–Crippen MR) is 118 cm³/mol. The number of aromatic nitrogens is 1. The molecule has 1 atom stereocenters. The molecule has 0 saturated carbocycles. The summed E-state index contributed by atoms with van der Waals surface area (Å²) in [5, 5.41) is 15.5. The number of nitrogen functional groups attached to an aromatic ring is 1. The number of aliphatic hydroxyl groups excluding tert-OH is 1. The Hall–Kier alpha value is -2.74. The van der Waals surface area contributed by atoms with E-state index in [0.717, 1.165) is 24.2 Å². The van der Waals surface area contributed by atoms with Gasteiger partial charge in [0.15, 0.2) is 5.13 Å². The number of carbonyl (C=O) groups is 1. The van der Waals surface area contributed by atoms with E-state index in [9.17, 15) is 9.90 Å². The van der Waals surface area contributed by atoms with Gasteiger partial charge in [-0.1, -0.05) is 42.5 Å². The molecule has 4 N–H and O–H groups in total. The van der Waals surface area contributed by atoms with Gasteiger partial charge < -0.3 is 21.1 Å². The second-order valence-electron chi connectivity index (χ2n) is 7.04. The summed E-state index contributed by atoms with van der Waals surface area (Å²) in [6, 6.07) is 17.5. The molecule has 1 heterocycles. The maximum Gasteiger partial charge on any atom is 0.230 e. The van der Waals surface area contributed by atoms with Gasteiger partial charge in [-0.3, -0.25) is 4.79 Å². The van der Waals surface area contributed by atoms with Crippen molar-refractivity contribution in [2.75, 3.05) is 31.2 Å². The van der Waals surface area contributed by atoms with Crippen molar-refractivity contribution < 1.29 is 9.90 Å². The first-order chi connectivity index (χ1) is 14.0. The Morgan fingerprint density at radius 3 is 2.59 bits per heavy atom. The van der Waals surface area contributed by atoms with Crippen LogP contribution < -0.4 is 11.1 Å². The number of hydrogen-bond donors (Lipinski definition) is 3. The molecule has 0 aliphatic rings. The van der Waals surface area contributed by atoms with Gasteiger partial charge in [-0.05, 0) is 36.7 Å². The van der Waals surface area contributed by atoms with Crippen LogP contribution >= 0.6 is 11.3 Å². The van der Waals surface area contributed by atoms with Gasteiger partial charge in [-0.2, -0.15) is 0 Å². The van der Waals surface area contributed by atoms with E-state index in [-0.39, 0.29) is 12.3 Å². The van der Waals surface area contributed by atoms with Gasteiger partial charge in [0, 0.05) is 24.2 Å². The van der Waals surface area contributed by atoms with Crippen molar-refractivity contribution in [2.24, 2.45) is 0 Å².